The van der Waals surface area contributed by atoms with Crippen LogP contribution in [0.2, 0.25) is 0 Å². The Kier molecular flexibility index (Phi) is 6.75. The molecule has 1 aromatic carbocycles. The molecule has 1 atom stereocenters. The topological polar surface area (TPSA) is 38.8 Å². The van der Waals surface area contributed by atoms with Crippen LogP contribution in [-0.2, 0) is 11.2 Å². The van der Waals surface area contributed by atoms with Crippen molar-refractivity contribution >= 4 is 5.91 Å². The molecular weight excluding hydrogens is 290 g/mol. The number of ether oxygens (including phenoxy) is 2. The van der Waals surface area contributed by atoms with Crippen molar-refractivity contribution in [1.29, 1.82) is 0 Å². The molecule has 128 valence electrons. The largest absolute Gasteiger partial charge is 0.486 e. The lowest BCUT2D eigenvalue weighted by molar-refractivity contribution is -0.133. The number of nitrogens with zero attached hydrogens (tertiary/aromatic N) is 1. The van der Waals surface area contributed by atoms with Gasteiger partial charge in [0.05, 0.1) is 0 Å². The zero-order valence-electron chi connectivity index (χ0n) is 14.6. The van der Waals surface area contributed by atoms with Crippen molar-refractivity contribution in [1.82, 2.24) is 4.90 Å². The Morgan fingerprint density at radius 3 is 2.65 bits per heavy atom. The van der Waals surface area contributed by atoms with Crippen LogP contribution in [0, 0.1) is 0 Å². The summed E-state index contributed by atoms with van der Waals surface area (Å²) in [5, 5.41) is 0. The Morgan fingerprint density at radius 2 is 1.96 bits per heavy atom. The highest BCUT2D eigenvalue weighted by molar-refractivity contribution is 5.76. The summed E-state index contributed by atoms with van der Waals surface area (Å²) in [7, 11) is 0. The molecule has 1 heterocycles. The van der Waals surface area contributed by atoms with Crippen LogP contribution in [0.3, 0.4) is 0 Å². The van der Waals surface area contributed by atoms with Gasteiger partial charge in [-0.15, -0.1) is 0 Å². The molecule has 1 unspecified atom stereocenters. The van der Waals surface area contributed by atoms with Gasteiger partial charge in [0, 0.05) is 19.0 Å². The van der Waals surface area contributed by atoms with Crippen LogP contribution in [0.1, 0.15) is 52.0 Å². The third-order valence-electron chi connectivity index (χ3n) is 4.43. The van der Waals surface area contributed by atoms with Gasteiger partial charge >= 0.3 is 0 Å². The molecule has 0 radical (unpaired) electrons. The zero-order chi connectivity index (χ0) is 16.7. The number of benzene rings is 1. The van der Waals surface area contributed by atoms with Crippen molar-refractivity contribution in [2.24, 2.45) is 0 Å². The molecule has 0 N–H and O–H groups in total. The van der Waals surface area contributed by atoms with Crippen LogP contribution in [0.25, 0.3) is 0 Å². The van der Waals surface area contributed by atoms with Gasteiger partial charge in [0.2, 0.25) is 5.91 Å². The highest BCUT2D eigenvalue weighted by atomic mass is 16.6. The normalized spacial score (nSPS) is 14.4. The smallest absolute Gasteiger partial charge is 0.223 e. The van der Waals surface area contributed by atoms with Crippen molar-refractivity contribution in [2.75, 3.05) is 19.8 Å². The molecule has 0 saturated heterocycles. The van der Waals surface area contributed by atoms with E-state index in [4.69, 9.17) is 9.47 Å². The summed E-state index contributed by atoms with van der Waals surface area (Å²) in [6, 6.07) is 6.29. The van der Waals surface area contributed by atoms with Gasteiger partial charge in [-0.25, -0.2) is 0 Å². The second-order valence-corrected chi connectivity index (χ2v) is 6.18. The maximum Gasteiger partial charge on any atom is 0.223 e. The van der Waals surface area contributed by atoms with Gasteiger partial charge in [-0.3, -0.25) is 4.79 Å². The summed E-state index contributed by atoms with van der Waals surface area (Å²) < 4.78 is 11.1. The summed E-state index contributed by atoms with van der Waals surface area (Å²) in [5.41, 5.74) is 1.13. The van der Waals surface area contributed by atoms with Gasteiger partial charge in [0.15, 0.2) is 11.5 Å². The molecule has 1 aromatic rings. The molecule has 0 aliphatic carbocycles. The van der Waals surface area contributed by atoms with E-state index in [1.165, 1.54) is 0 Å². The summed E-state index contributed by atoms with van der Waals surface area (Å²) in [4.78, 5) is 14.6. The molecule has 2 rings (SSSR count). The second-order valence-electron chi connectivity index (χ2n) is 6.18. The van der Waals surface area contributed by atoms with Gasteiger partial charge in [0.25, 0.3) is 0 Å². The van der Waals surface area contributed by atoms with Gasteiger partial charge < -0.3 is 14.4 Å². The molecule has 1 aliphatic rings. The first kappa shape index (κ1) is 17.6. The summed E-state index contributed by atoms with van der Waals surface area (Å²) in [5.74, 6) is 1.85. The lowest BCUT2D eigenvalue weighted by atomic mass is 10.1. The average Bonchev–Trinajstić information content (AvgIpc) is 2.59. The monoisotopic (exact) mass is 319 g/mol. The van der Waals surface area contributed by atoms with Crippen molar-refractivity contribution in [3.8, 4) is 11.5 Å². The predicted octanol–water partition coefficient (Wildman–Crippen LogP) is 3.82. The van der Waals surface area contributed by atoms with Crippen LogP contribution >= 0.6 is 0 Å². The number of unbranched alkanes of at least 4 members (excludes halogenated alkanes) is 1. The van der Waals surface area contributed by atoms with E-state index in [1.54, 1.807) is 0 Å². The van der Waals surface area contributed by atoms with Crippen LogP contribution < -0.4 is 9.47 Å². The van der Waals surface area contributed by atoms with Gasteiger partial charge in [-0.2, -0.15) is 0 Å². The third kappa shape index (κ3) is 4.88. The molecule has 4 nitrogen and oxygen atoms in total. The Labute approximate surface area is 139 Å². The van der Waals surface area contributed by atoms with Crippen LogP contribution in [0.5, 0.6) is 11.5 Å². The quantitative estimate of drug-likeness (QED) is 0.731. The molecule has 0 bridgehead atoms. The summed E-state index contributed by atoms with van der Waals surface area (Å²) in [6.07, 6.45) is 4.48. The van der Waals surface area contributed by atoms with Crippen LogP contribution in [-0.4, -0.2) is 36.6 Å². The number of amides is 1. The number of carbonyl (C=O) groups is 1. The molecular formula is C19H29NO3. The SMILES string of the molecule is CCCCN(C(=O)CCc1ccc2c(c1)OCCO2)C(C)CC. The van der Waals surface area contributed by atoms with Gasteiger partial charge in [-0.1, -0.05) is 26.3 Å². The second kappa shape index (κ2) is 8.80. The van der Waals surface area contributed by atoms with Crippen molar-refractivity contribution in [2.45, 2.75) is 58.9 Å². The third-order valence-corrected chi connectivity index (χ3v) is 4.43. The van der Waals surface area contributed by atoms with Crippen molar-refractivity contribution in [3.63, 3.8) is 0 Å². The fourth-order valence-corrected chi connectivity index (χ4v) is 2.78. The Morgan fingerprint density at radius 1 is 1.22 bits per heavy atom. The zero-order valence-corrected chi connectivity index (χ0v) is 14.6. The molecule has 4 heteroatoms. The van der Waals surface area contributed by atoms with E-state index in [2.05, 4.69) is 20.8 Å². The van der Waals surface area contributed by atoms with E-state index < -0.39 is 0 Å². The van der Waals surface area contributed by atoms with Gasteiger partial charge in [-0.05, 0) is 43.9 Å². The van der Waals surface area contributed by atoms with Crippen molar-refractivity contribution < 1.29 is 14.3 Å². The first-order valence-corrected chi connectivity index (χ1v) is 8.83. The standard InChI is InChI=1S/C19H29NO3/c1-4-6-11-20(15(3)5-2)19(21)10-8-16-7-9-17-18(14-16)23-13-12-22-17/h7,9,14-15H,4-6,8,10-13H2,1-3H3. The lowest BCUT2D eigenvalue weighted by Gasteiger charge is -2.29. The first-order chi connectivity index (χ1) is 11.2. The highest BCUT2D eigenvalue weighted by Gasteiger charge is 2.18. The lowest BCUT2D eigenvalue weighted by Crippen LogP contribution is -2.39. The molecule has 0 saturated carbocycles. The molecule has 0 aromatic heterocycles. The van der Waals surface area contributed by atoms with E-state index in [1.807, 2.05) is 23.1 Å². The minimum absolute atomic E-state index is 0.252. The molecule has 23 heavy (non-hydrogen) atoms. The summed E-state index contributed by atoms with van der Waals surface area (Å²) >= 11 is 0. The molecule has 1 aliphatic heterocycles. The Balaban J connectivity index is 1.93. The predicted molar refractivity (Wildman–Crippen MR) is 92.1 cm³/mol. The molecule has 1 amide bonds. The maximum absolute atomic E-state index is 12.6. The average molecular weight is 319 g/mol. The maximum atomic E-state index is 12.6. The number of hydrogen-bond donors (Lipinski definition) is 0. The van der Waals surface area contributed by atoms with E-state index in [-0.39, 0.29) is 5.91 Å². The van der Waals surface area contributed by atoms with E-state index in [0.29, 0.717) is 25.7 Å². The van der Waals surface area contributed by atoms with Gasteiger partial charge in [0.1, 0.15) is 13.2 Å². The number of hydrogen-bond acceptors (Lipinski definition) is 3. The van der Waals surface area contributed by atoms with Crippen LogP contribution in [0.4, 0.5) is 0 Å². The highest BCUT2D eigenvalue weighted by Crippen LogP contribution is 2.31. The fraction of sp³-hybridized carbons (Fsp3) is 0.632. The Bertz CT molecular complexity index is 515. The first-order valence-electron chi connectivity index (χ1n) is 8.83. The molecule has 0 fully saturated rings. The number of fused-ring (bicyclic) bond motifs is 1. The summed E-state index contributed by atoms with van der Waals surface area (Å²) in [6.45, 7) is 8.50. The Hall–Kier alpha value is -1.71. The number of aryl methyl sites for hydroxylation is 1. The minimum Gasteiger partial charge on any atom is -0.486 e. The fourth-order valence-electron chi connectivity index (χ4n) is 2.78. The van der Waals surface area contributed by atoms with E-state index in [9.17, 15) is 4.79 Å². The van der Waals surface area contributed by atoms with E-state index >= 15 is 0 Å². The van der Waals surface area contributed by atoms with Crippen LogP contribution in [0.15, 0.2) is 18.2 Å². The number of rotatable bonds is 8. The minimum atomic E-state index is 0.252. The number of carbonyl (C=O) groups excluding carboxylic acids is 1. The molecule has 0 spiro atoms. The van der Waals surface area contributed by atoms with E-state index in [0.717, 1.165) is 49.3 Å². The van der Waals surface area contributed by atoms with Crippen molar-refractivity contribution in [3.05, 3.63) is 23.8 Å².